The summed E-state index contributed by atoms with van der Waals surface area (Å²) in [6.45, 7) is 5.78. The van der Waals surface area contributed by atoms with E-state index in [1.807, 2.05) is 39.9 Å². The van der Waals surface area contributed by atoms with Crippen LogP contribution in [0.3, 0.4) is 0 Å². The SMILES string of the molecule is CC(C)N1Cc2c(NC(c3ccc(F)cc3)c3ccc(F)cc3)nc(N(C)CCN(C)C)nc2C1=O. The number of carbonyl (C=O) groups excluding carboxylic acids is 1. The van der Waals surface area contributed by atoms with E-state index in [0.717, 1.165) is 17.7 Å². The van der Waals surface area contributed by atoms with Gasteiger partial charge in [-0.15, -0.1) is 0 Å². The number of hydrogen-bond donors (Lipinski definition) is 1. The van der Waals surface area contributed by atoms with Gasteiger partial charge in [-0.05, 0) is 63.3 Å². The highest BCUT2D eigenvalue weighted by Gasteiger charge is 2.35. The summed E-state index contributed by atoms with van der Waals surface area (Å²) in [5.74, 6) is 0.147. The largest absolute Gasteiger partial charge is 0.359 e. The molecule has 0 atom stereocenters. The molecule has 1 N–H and O–H groups in total. The standard InChI is InChI=1S/C27H32F2N6O/c1-17(2)35-16-22-24(26(35)36)31-27(34(5)15-14-33(3)4)32-25(22)30-23(18-6-10-20(28)11-7-18)19-8-12-21(29)13-9-19/h6-13,17,23H,14-16H2,1-5H3,(H,30,31,32). The molecule has 36 heavy (non-hydrogen) atoms. The van der Waals surface area contributed by atoms with Gasteiger partial charge >= 0.3 is 0 Å². The van der Waals surface area contributed by atoms with E-state index in [-0.39, 0.29) is 23.6 Å². The molecule has 0 aliphatic carbocycles. The van der Waals surface area contributed by atoms with Gasteiger partial charge in [-0.2, -0.15) is 4.98 Å². The van der Waals surface area contributed by atoms with Crippen molar-refractivity contribution in [3.8, 4) is 0 Å². The van der Waals surface area contributed by atoms with Crippen LogP contribution in [0.1, 0.15) is 47.1 Å². The highest BCUT2D eigenvalue weighted by atomic mass is 19.1. The zero-order valence-corrected chi connectivity index (χ0v) is 21.3. The van der Waals surface area contributed by atoms with Crippen LogP contribution < -0.4 is 10.2 Å². The molecule has 190 valence electrons. The van der Waals surface area contributed by atoms with E-state index in [1.54, 1.807) is 29.2 Å². The lowest BCUT2D eigenvalue weighted by atomic mass is 9.98. The predicted octanol–water partition coefficient (Wildman–Crippen LogP) is 4.32. The lowest BCUT2D eigenvalue weighted by Crippen LogP contribution is -2.31. The minimum Gasteiger partial charge on any atom is -0.359 e. The first kappa shape index (κ1) is 25.5. The number of benzene rings is 2. The van der Waals surface area contributed by atoms with Crippen LogP contribution in [0.25, 0.3) is 0 Å². The maximum atomic E-state index is 13.7. The van der Waals surface area contributed by atoms with E-state index in [1.165, 1.54) is 24.3 Å². The summed E-state index contributed by atoms with van der Waals surface area (Å²) in [6.07, 6.45) is 0. The zero-order chi connectivity index (χ0) is 26.0. The van der Waals surface area contributed by atoms with Crippen molar-refractivity contribution in [2.75, 3.05) is 44.4 Å². The number of aromatic nitrogens is 2. The second-order valence-electron chi connectivity index (χ2n) is 9.63. The summed E-state index contributed by atoms with van der Waals surface area (Å²) < 4.78 is 27.4. The topological polar surface area (TPSA) is 64.6 Å². The first-order valence-electron chi connectivity index (χ1n) is 12.0. The van der Waals surface area contributed by atoms with Crippen LogP contribution >= 0.6 is 0 Å². The van der Waals surface area contributed by atoms with E-state index in [2.05, 4.69) is 15.2 Å². The molecule has 7 nitrogen and oxygen atoms in total. The number of nitrogens with one attached hydrogen (secondary N) is 1. The Morgan fingerprint density at radius 2 is 1.47 bits per heavy atom. The van der Waals surface area contributed by atoms with Crippen LogP contribution in [-0.4, -0.2) is 65.9 Å². The van der Waals surface area contributed by atoms with Crippen molar-refractivity contribution in [3.63, 3.8) is 0 Å². The third kappa shape index (κ3) is 5.46. The number of rotatable bonds is 9. The van der Waals surface area contributed by atoms with Gasteiger partial charge in [-0.3, -0.25) is 4.79 Å². The summed E-state index contributed by atoms with van der Waals surface area (Å²) in [6, 6.07) is 11.9. The molecule has 2 heterocycles. The molecule has 0 radical (unpaired) electrons. The summed E-state index contributed by atoms with van der Waals surface area (Å²) >= 11 is 0. The molecular weight excluding hydrogens is 462 g/mol. The molecule has 3 aromatic rings. The fourth-order valence-corrected chi connectivity index (χ4v) is 4.14. The highest BCUT2D eigenvalue weighted by Crippen LogP contribution is 2.34. The van der Waals surface area contributed by atoms with Crippen molar-refractivity contribution >= 4 is 17.7 Å². The fraction of sp³-hybridized carbons (Fsp3) is 0.370. The van der Waals surface area contributed by atoms with Gasteiger partial charge in [-0.25, -0.2) is 13.8 Å². The van der Waals surface area contributed by atoms with Crippen LogP contribution in [-0.2, 0) is 6.54 Å². The average Bonchev–Trinajstić information content (AvgIpc) is 3.19. The molecule has 0 saturated heterocycles. The smallest absolute Gasteiger partial charge is 0.273 e. The second-order valence-corrected chi connectivity index (χ2v) is 9.63. The Morgan fingerprint density at radius 3 is 1.97 bits per heavy atom. The Kier molecular flexibility index (Phi) is 7.49. The Hall–Kier alpha value is -3.59. The van der Waals surface area contributed by atoms with E-state index in [4.69, 9.17) is 4.98 Å². The minimum atomic E-state index is -0.451. The lowest BCUT2D eigenvalue weighted by Gasteiger charge is -2.24. The highest BCUT2D eigenvalue weighted by molar-refractivity contribution is 5.98. The summed E-state index contributed by atoms with van der Waals surface area (Å²) in [5, 5.41) is 3.48. The van der Waals surface area contributed by atoms with Gasteiger partial charge in [0.15, 0.2) is 0 Å². The number of amides is 1. The van der Waals surface area contributed by atoms with Gasteiger partial charge in [0.05, 0.1) is 12.6 Å². The maximum Gasteiger partial charge on any atom is 0.273 e. The molecule has 0 bridgehead atoms. The Bertz CT molecular complexity index is 1170. The van der Waals surface area contributed by atoms with Crippen LogP contribution in [0.4, 0.5) is 20.5 Å². The van der Waals surface area contributed by atoms with Crippen molar-refractivity contribution in [1.82, 2.24) is 19.8 Å². The fourth-order valence-electron chi connectivity index (χ4n) is 4.14. The number of anilines is 2. The van der Waals surface area contributed by atoms with Gasteiger partial charge < -0.3 is 20.0 Å². The normalized spacial score (nSPS) is 13.2. The second kappa shape index (κ2) is 10.6. The molecule has 1 aliphatic heterocycles. The number of likely N-dealkylation sites (N-methyl/N-ethyl adjacent to an activating group) is 2. The molecule has 1 amide bonds. The molecular formula is C27H32F2N6O. The summed E-state index contributed by atoms with van der Waals surface area (Å²) in [7, 11) is 5.88. The maximum absolute atomic E-state index is 13.7. The quantitative estimate of drug-likeness (QED) is 0.478. The molecule has 1 aromatic heterocycles. The van der Waals surface area contributed by atoms with Gasteiger partial charge in [-0.1, -0.05) is 24.3 Å². The summed E-state index contributed by atoms with van der Waals surface area (Å²) in [5.41, 5.74) is 2.66. The van der Waals surface area contributed by atoms with Crippen LogP contribution in [0.5, 0.6) is 0 Å². The Morgan fingerprint density at radius 1 is 0.917 bits per heavy atom. The molecule has 0 spiro atoms. The van der Waals surface area contributed by atoms with Crippen molar-refractivity contribution < 1.29 is 13.6 Å². The first-order chi connectivity index (χ1) is 17.1. The van der Waals surface area contributed by atoms with Crippen molar-refractivity contribution in [2.45, 2.75) is 32.5 Å². The third-order valence-corrected chi connectivity index (χ3v) is 6.32. The van der Waals surface area contributed by atoms with Crippen molar-refractivity contribution in [2.24, 2.45) is 0 Å². The molecule has 0 unspecified atom stereocenters. The van der Waals surface area contributed by atoms with Crippen LogP contribution in [0.2, 0.25) is 0 Å². The lowest BCUT2D eigenvalue weighted by molar-refractivity contribution is 0.0726. The minimum absolute atomic E-state index is 0.000496. The third-order valence-electron chi connectivity index (χ3n) is 6.32. The molecule has 1 aliphatic rings. The van der Waals surface area contributed by atoms with Gasteiger partial charge in [0.1, 0.15) is 23.1 Å². The zero-order valence-electron chi connectivity index (χ0n) is 21.3. The van der Waals surface area contributed by atoms with Gasteiger partial charge in [0, 0.05) is 31.7 Å². The number of carbonyl (C=O) groups is 1. The number of fused-ring (bicyclic) bond motifs is 1. The first-order valence-corrected chi connectivity index (χ1v) is 12.0. The molecule has 4 rings (SSSR count). The number of nitrogens with zero attached hydrogens (tertiary/aromatic N) is 5. The van der Waals surface area contributed by atoms with Gasteiger partial charge in [0.25, 0.3) is 5.91 Å². The van der Waals surface area contributed by atoms with E-state index in [9.17, 15) is 13.6 Å². The van der Waals surface area contributed by atoms with Crippen molar-refractivity contribution in [3.05, 3.63) is 82.5 Å². The molecule has 0 saturated carbocycles. The molecule has 0 fully saturated rings. The number of hydrogen-bond acceptors (Lipinski definition) is 6. The Labute approximate surface area is 210 Å². The van der Waals surface area contributed by atoms with Gasteiger partial charge in [0.2, 0.25) is 5.95 Å². The molecule has 9 heteroatoms. The summed E-state index contributed by atoms with van der Waals surface area (Å²) in [4.78, 5) is 28.5. The number of halogens is 2. The predicted molar refractivity (Wildman–Crippen MR) is 137 cm³/mol. The Balaban J connectivity index is 1.79. The van der Waals surface area contributed by atoms with Crippen LogP contribution in [0.15, 0.2) is 48.5 Å². The van der Waals surface area contributed by atoms with Crippen molar-refractivity contribution in [1.29, 1.82) is 0 Å². The average molecular weight is 495 g/mol. The van der Waals surface area contributed by atoms with E-state index in [0.29, 0.717) is 36.1 Å². The van der Waals surface area contributed by atoms with E-state index < -0.39 is 6.04 Å². The molecule has 2 aromatic carbocycles. The van der Waals surface area contributed by atoms with Crippen LogP contribution in [0, 0.1) is 11.6 Å². The monoisotopic (exact) mass is 494 g/mol. The van der Waals surface area contributed by atoms with E-state index >= 15 is 0 Å².